The number of carbonyl (C=O) groups is 1. The number of amides is 1. The van der Waals surface area contributed by atoms with Gasteiger partial charge in [-0.25, -0.2) is 0 Å². The van der Waals surface area contributed by atoms with Crippen LogP contribution in [0.4, 0.5) is 0 Å². The van der Waals surface area contributed by atoms with E-state index in [1.807, 2.05) is 6.92 Å². The first-order valence-corrected chi connectivity index (χ1v) is 8.20. The molecule has 0 aromatic heterocycles. The summed E-state index contributed by atoms with van der Waals surface area (Å²) in [4.78, 5) is 17.0. The molecule has 4 nitrogen and oxygen atoms in total. The molecular formula is C18H26N2O2. The van der Waals surface area contributed by atoms with Crippen LogP contribution in [0.5, 0.6) is 5.75 Å². The summed E-state index contributed by atoms with van der Waals surface area (Å²) in [5.41, 5.74) is 3.68. The molecule has 1 aromatic rings. The van der Waals surface area contributed by atoms with Crippen LogP contribution in [0.25, 0.3) is 0 Å². The molecule has 1 amide bonds. The molecule has 4 heteroatoms. The van der Waals surface area contributed by atoms with Gasteiger partial charge in [-0.3, -0.25) is 9.69 Å². The number of rotatable bonds is 3. The lowest BCUT2D eigenvalue weighted by atomic mass is 10.0. The fourth-order valence-electron chi connectivity index (χ4n) is 3.80. The Morgan fingerprint density at radius 2 is 2.05 bits per heavy atom. The van der Waals surface area contributed by atoms with Crippen molar-refractivity contribution in [1.29, 1.82) is 0 Å². The number of methoxy groups -OCH3 is 1. The van der Waals surface area contributed by atoms with Gasteiger partial charge in [0.05, 0.1) is 13.2 Å². The Morgan fingerprint density at radius 3 is 2.77 bits per heavy atom. The van der Waals surface area contributed by atoms with Crippen molar-refractivity contribution in [3.63, 3.8) is 0 Å². The second-order valence-corrected chi connectivity index (χ2v) is 6.68. The van der Waals surface area contributed by atoms with Gasteiger partial charge in [-0.1, -0.05) is 6.07 Å². The molecule has 0 radical (unpaired) electrons. The van der Waals surface area contributed by atoms with Crippen molar-refractivity contribution < 1.29 is 9.53 Å². The third-order valence-electron chi connectivity index (χ3n) is 5.24. The third-order valence-corrected chi connectivity index (χ3v) is 5.24. The molecule has 0 N–H and O–H groups in total. The molecule has 3 rings (SSSR count). The molecule has 2 saturated heterocycles. The van der Waals surface area contributed by atoms with Crippen LogP contribution in [0, 0.1) is 13.8 Å². The van der Waals surface area contributed by atoms with Crippen LogP contribution in [-0.4, -0.2) is 48.0 Å². The maximum absolute atomic E-state index is 12.5. The second-order valence-electron chi connectivity index (χ2n) is 6.68. The van der Waals surface area contributed by atoms with Crippen molar-refractivity contribution >= 4 is 5.91 Å². The van der Waals surface area contributed by atoms with Crippen LogP contribution in [0.2, 0.25) is 0 Å². The van der Waals surface area contributed by atoms with Gasteiger partial charge >= 0.3 is 0 Å². The maximum Gasteiger partial charge on any atom is 0.239 e. The normalized spacial score (nSPS) is 25.5. The van der Waals surface area contributed by atoms with Gasteiger partial charge in [0, 0.05) is 25.7 Å². The summed E-state index contributed by atoms with van der Waals surface area (Å²) in [5, 5.41) is 0. The highest BCUT2D eigenvalue weighted by Gasteiger charge is 2.40. The Kier molecular flexibility index (Phi) is 4.13. The number of nitrogens with zero attached hydrogens (tertiary/aromatic N) is 2. The molecular weight excluding hydrogens is 276 g/mol. The summed E-state index contributed by atoms with van der Waals surface area (Å²) < 4.78 is 5.39. The Morgan fingerprint density at radius 1 is 1.27 bits per heavy atom. The monoisotopic (exact) mass is 302 g/mol. The smallest absolute Gasteiger partial charge is 0.239 e. The van der Waals surface area contributed by atoms with Gasteiger partial charge in [0.1, 0.15) is 5.75 Å². The summed E-state index contributed by atoms with van der Waals surface area (Å²) >= 11 is 0. The predicted octanol–water partition coefficient (Wildman–Crippen LogP) is 2.51. The fourth-order valence-corrected chi connectivity index (χ4v) is 3.80. The average Bonchev–Trinajstić information content (AvgIpc) is 2.96. The van der Waals surface area contributed by atoms with Crippen LogP contribution < -0.4 is 4.74 Å². The van der Waals surface area contributed by atoms with Gasteiger partial charge in [-0.05, 0) is 56.4 Å². The molecule has 0 spiro atoms. The molecule has 1 aromatic carbocycles. The predicted molar refractivity (Wildman–Crippen MR) is 87.1 cm³/mol. The van der Waals surface area contributed by atoms with Crippen molar-refractivity contribution in [2.75, 3.05) is 20.2 Å². The topological polar surface area (TPSA) is 32.8 Å². The second kappa shape index (κ2) is 5.92. The molecule has 0 saturated carbocycles. The first-order valence-electron chi connectivity index (χ1n) is 8.20. The lowest BCUT2D eigenvalue weighted by Crippen LogP contribution is -2.58. The molecule has 2 atom stereocenters. The van der Waals surface area contributed by atoms with E-state index in [-0.39, 0.29) is 6.04 Å². The van der Waals surface area contributed by atoms with Crippen LogP contribution in [0.1, 0.15) is 36.5 Å². The van der Waals surface area contributed by atoms with E-state index in [0.717, 1.165) is 43.8 Å². The van der Waals surface area contributed by atoms with E-state index in [1.54, 1.807) is 7.11 Å². The highest BCUT2D eigenvalue weighted by molar-refractivity contribution is 5.83. The van der Waals surface area contributed by atoms with E-state index in [1.165, 1.54) is 11.1 Å². The highest BCUT2D eigenvalue weighted by atomic mass is 16.5. The van der Waals surface area contributed by atoms with Crippen LogP contribution in [-0.2, 0) is 11.3 Å². The Labute approximate surface area is 133 Å². The summed E-state index contributed by atoms with van der Waals surface area (Å²) in [6.45, 7) is 9.02. The van der Waals surface area contributed by atoms with Crippen LogP contribution >= 0.6 is 0 Å². The highest BCUT2D eigenvalue weighted by Crippen LogP contribution is 2.29. The lowest BCUT2D eigenvalue weighted by molar-refractivity contribution is -0.143. The van der Waals surface area contributed by atoms with Gasteiger partial charge in [-0.15, -0.1) is 0 Å². The zero-order valence-corrected chi connectivity index (χ0v) is 14.1. The van der Waals surface area contributed by atoms with E-state index in [4.69, 9.17) is 4.74 Å². The minimum Gasteiger partial charge on any atom is -0.496 e. The van der Waals surface area contributed by atoms with E-state index >= 15 is 0 Å². The molecule has 0 aliphatic carbocycles. The summed E-state index contributed by atoms with van der Waals surface area (Å²) in [6.07, 6.45) is 2.30. The number of hydrogen-bond donors (Lipinski definition) is 0. The molecule has 0 unspecified atom stereocenters. The SMILES string of the molecule is COc1cc(C)c(CN2C[C@H]3CCCN3C(=O)[C@@H]2C)cc1C. The van der Waals surface area contributed by atoms with E-state index in [0.29, 0.717) is 11.9 Å². The molecule has 2 aliphatic rings. The van der Waals surface area contributed by atoms with Crippen molar-refractivity contribution in [2.45, 2.75) is 52.2 Å². The van der Waals surface area contributed by atoms with Gasteiger partial charge in [0.25, 0.3) is 0 Å². The largest absolute Gasteiger partial charge is 0.496 e. The number of aryl methyl sites for hydroxylation is 2. The minimum absolute atomic E-state index is 0.0174. The van der Waals surface area contributed by atoms with Gasteiger partial charge in [0.2, 0.25) is 5.91 Å². The van der Waals surface area contributed by atoms with E-state index in [9.17, 15) is 4.79 Å². The first-order chi connectivity index (χ1) is 10.5. The number of benzene rings is 1. The summed E-state index contributed by atoms with van der Waals surface area (Å²) in [5.74, 6) is 1.24. The Balaban J connectivity index is 1.80. The van der Waals surface area contributed by atoms with E-state index < -0.39 is 0 Å². The first kappa shape index (κ1) is 15.3. The zero-order valence-electron chi connectivity index (χ0n) is 14.1. The number of piperazine rings is 1. The van der Waals surface area contributed by atoms with Crippen molar-refractivity contribution in [1.82, 2.24) is 9.80 Å². The summed E-state index contributed by atoms with van der Waals surface area (Å²) in [7, 11) is 1.71. The number of fused-ring (bicyclic) bond motifs is 1. The van der Waals surface area contributed by atoms with E-state index in [2.05, 4.69) is 35.8 Å². The van der Waals surface area contributed by atoms with Crippen LogP contribution in [0.15, 0.2) is 12.1 Å². The number of carbonyl (C=O) groups excluding carboxylic acids is 1. The Bertz CT molecular complexity index is 585. The maximum atomic E-state index is 12.5. The van der Waals surface area contributed by atoms with Gasteiger partial charge in [-0.2, -0.15) is 0 Å². The lowest BCUT2D eigenvalue weighted by Gasteiger charge is -2.41. The Hall–Kier alpha value is -1.55. The molecule has 2 heterocycles. The molecule has 2 fully saturated rings. The van der Waals surface area contributed by atoms with Crippen LogP contribution in [0.3, 0.4) is 0 Å². The van der Waals surface area contributed by atoms with Crippen molar-refractivity contribution in [3.05, 3.63) is 28.8 Å². The van der Waals surface area contributed by atoms with Crippen molar-refractivity contribution in [3.8, 4) is 5.75 Å². The van der Waals surface area contributed by atoms with Gasteiger partial charge in [0.15, 0.2) is 0 Å². The van der Waals surface area contributed by atoms with Gasteiger partial charge < -0.3 is 9.64 Å². The zero-order chi connectivity index (χ0) is 15.9. The fraction of sp³-hybridized carbons (Fsp3) is 0.611. The third kappa shape index (κ3) is 2.60. The molecule has 2 aliphatic heterocycles. The summed E-state index contributed by atoms with van der Waals surface area (Å²) in [6, 6.07) is 4.70. The average molecular weight is 302 g/mol. The quantitative estimate of drug-likeness (QED) is 0.860. The standard InChI is InChI=1S/C18H26N2O2/c1-12-9-17(22-4)13(2)8-15(12)10-19-11-16-6-5-7-20(16)18(21)14(19)3/h8-9,14,16H,5-7,10-11H2,1-4H3/t14-,16+/m0/s1. The molecule has 120 valence electrons. The number of ether oxygens (including phenoxy) is 1. The molecule has 0 bridgehead atoms. The molecule has 22 heavy (non-hydrogen) atoms. The number of hydrogen-bond acceptors (Lipinski definition) is 3. The van der Waals surface area contributed by atoms with Crippen molar-refractivity contribution in [2.24, 2.45) is 0 Å². The minimum atomic E-state index is -0.0174.